The first-order valence-corrected chi connectivity index (χ1v) is 6.12. The van der Waals surface area contributed by atoms with Gasteiger partial charge in [0.2, 0.25) is 5.95 Å². The second-order valence-electron chi connectivity index (χ2n) is 4.21. The van der Waals surface area contributed by atoms with E-state index in [0.717, 1.165) is 0 Å². The number of rotatable bonds is 3. The molecule has 1 aromatic carbocycles. The molecule has 3 aromatic rings. The fourth-order valence-corrected chi connectivity index (χ4v) is 1.73. The number of carbonyl (C=O) groups excluding carboxylic acids is 1. The number of aromatic amines is 1. The molecule has 1 amide bonds. The maximum absolute atomic E-state index is 12.9. The van der Waals surface area contributed by atoms with Crippen LogP contribution in [0.2, 0.25) is 0 Å². The number of amides is 1. The van der Waals surface area contributed by atoms with Crippen LogP contribution in [0.4, 0.5) is 10.3 Å². The van der Waals surface area contributed by atoms with Crippen LogP contribution < -0.4 is 5.32 Å². The van der Waals surface area contributed by atoms with Gasteiger partial charge in [-0.3, -0.25) is 20.2 Å². The highest BCUT2D eigenvalue weighted by Crippen LogP contribution is 2.16. The summed E-state index contributed by atoms with van der Waals surface area (Å²) in [5.41, 5.74) is 1.08. The Morgan fingerprint density at radius 3 is 2.71 bits per heavy atom. The highest BCUT2D eigenvalue weighted by Gasteiger charge is 2.10. The fourth-order valence-electron chi connectivity index (χ4n) is 1.73. The van der Waals surface area contributed by atoms with E-state index >= 15 is 0 Å². The summed E-state index contributed by atoms with van der Waals surface area (Å²) in [6.45, 7) is 0. The average Bonchev–Trinajstić information content (AvgIpc) is 2.97. The quantitative estimate of drug-likeness (QED) is 0.772. The fraction of sp³-hybridized carbons (Fsp3) is 0. The number of anilines is 1. The number of nitrogens with zero attached hydrogens (tertiary/aromatic N) is 3. The van der Waals surface area contributed by atoms with Crippen LogP contribution in [-0.4, -0.2) is 26.1 Å². The Hall–Kier alpha value is -3.09. The monoisotopic (exact) mass is 283 g/mol. The predicted octanol–water partition coefficient (Wildman–Crippen LogP) is 2.26. The van der Waals surface area contributed by atoms with Crippen molar-refractivity contribution in [3.63, 3.8) is 0 Å². The van der Waals surface area contributed by atoms with Gasteiger partial charge in [0.15, 0.2) is 5.82 Å². The SMILES string of the molecule is O=C(Nc1n[nH]c(-c2ccc(F)cc2)n1)c1cccnc1. The van der Waals surface area contributed by atoms with Crippen LogP contribution >= 0.6 is 0 Å². The number of hydrogen-bond donors (Lipinski definition) is 2. The molecule has 0 unspecified atom stereocenters. The van der Waals surface area contributed by atoms with Gasteiger partial charge in [0.25, 0.3) is 5.91 Å². The Balaban J connectivity index is 1.76. The maximum Gasteiger partial charge on any atom is 0.259 e. The minimum atomic E-state index is -0.354. The van der Waals surface area contributed by atoms with Crippen LogP contribution in [0.25, 0.3) is 11.4 Å². The highest BCUT2D eigenvalue weighted by molar-refractivity contribution is 6.03. The van der Waals surface area contributed by atoms with Crippen LogP contribution in [0, 0.1) is 5.82 Å². The van der Waals surface area contributed by atoms with E-state index in [4.69, 9.17) is 0 Å². The molecule has 7 heteroatoms. The molecule has 0 aliphatic heterocycles. The molecule has 3 rings (SSSR count). The molecule has 2 N–H and O–H groups in total. The number of nitrogens with one attached hydrogen (secondary N) is 2. The van der Waals surface area contributed by atoms with Gasteiger partial charge in [-0.05, 0) is 36.4 Å². The van der Waals surface area contributed by atoms with Crippen LogP contribution in [0.3, 0.4) is 0 Å². The minimum Gasteiger partial charge on any atom is -0.289 e. The minimum absolute atomic E-state index is 0.142. The molecule has 0 atom stereocenters. The van der Waals surface area contributed by atoms with Crippen molar-refractivity contribution in [2.45, 2.75) is 0 Å². The first-order chi connectivity index (χ1) is 10.2. The van der Waals surface area contributed by atoms with Crippen molar-refractivity contribution in [3.05, 3.63) is 60.2 Å². The number of benzene rings is 1. The van der Waals surface area contributed by atoms with Crippen molar-refractivity contribution in [2.75, 3.05) is 5.32 Å². The van der Waals surface area contributed by atoms with E-state index in [9.17, 15) is 9.18 Å². The van der Waals surface area contributed by atoms with Gasteiger partial charge in [0, 0.05) is 18.0 Å². The molecule has 0 bridgehead atoms. The summed E-state index contributed by atoms with van der Waals surface area (Å²) in [5.74, 6) is -0.101. The van der Waals surface area contributed by atoms with E-state index in [1.165, 1.54) is 18.3 Å². The van der Waals surface area contributed by atoms with Crippen molar-refractivity contribution in [1.82, 2.24) is 20.2 Å². The molecule has 0 fully saturated rings. The van der Waals surface area contributed by atoms with Crippen LogP contribution in [0.5, 0.6) is 0 Å². The second kappa shape index (κ2) is 5.49. The Labute approximate surface area is 119 Å². The summed E-state index contributed by atoms with van der Waals surface area (Å²) in [6.07, 6.45) is 3.03. The van der Waals surface area contributed by atoms with Crippen molar-refractivity contribution < 1.29 is 9.18 Å². The van der Waals surface area contributed by atoms with Gasteiger partial charge < -0.3 is 0 Å². The molecule has 0 aliphatic carbocycles. The summed E-state index contributed by atoms with van der Waals surface area (Å²) in [4.78, 5) is 19.9. The molecule has 0 radical (unpaired) electrons. The lowest BCUT2D eigenvalue weighted by Gasteiger charge is -1.99. The van der Waals surface area contributed by atoms with Crippen LogP contribution in [-0.2, 0) is 0 Å². The lowest BCUT2D eigenvalue weighted by Crippen LogP contribution is -2.13. The molecular weight excluding hydrogens is 273 g/mol. The Morgan fingerprint density at radius 2 is 2.00 bits per heavy atom. The molecule has 104 valence electrons. The zero-order chi connectivity index (χ0) is 14.7. The van der Waals surface area contributed by atoms with E-state index in [-0.39, 0.29) is 17.7 Å². The largest absolute Gasteiger partial charge is 0.289 e. The molecule has 0 aliphatic rings. The van der Waals surface area contributed by atoms with Gasteiger partial charge in [-0.2, -0.15) is 4.98 Å². The molecule has 2 heterocycles. The zero-order valence-corrected chi connectivity index (χ0v) is 10.7. The number of pyridine rings is 1. The smallest absolute Gasteiger partial charge is 0.259 e. The number of hydrogen-bond acceptors (Lipinski definition) is 4. The third-order valence-electron chi connectivity index (χ3n) is 2.75. The van der Waals surface area contributed by atoms with Crippen molar-refractivity contribution in [3.8, 4) is 11.4 Å². The van der Waals surface area contributed by atoms with Gasteiger partial charge in [0.1, 0.15) is 5.82 Å². The van der Waals surface area contributed by atoms with Gasteiger partial charge >= 0.3 is 0 Å². The number of carbonyl (C=O) groups is 1. The third-order valence-corrected chi connectivity index (χ3v) is 2.75. The first-order valence-electron chi connectivity index (χ1n) is 6.12. The molecule has 0 saturated carbocycles. The Kier molecular flexibility index (Phi) is 3.38. The standard InChI is InChI=1S/C14H10FN5O/c15-11-5-3-9(4-6-11)12-17-14(20-19-12)18-13(21)10-2-1-7-16-8-10/h1-8H,(H2,17,18,19,20,21). The number of halogens is 1. The summed E-state index contributed by atoms with van der Waals surface area (Å²) in [6, 6.07) is 9.09. The zero-order valence-electron chi connectivity index (χ0n) is 10.7. The summed E-state index contributed by atoms with van der Waals surface area (Å²) < 4.78 is 12.9. The van der Waals surface area contributed by atoms with E-state index < -0.39 is 0 Å². The first kappa shape index (κ1) is 12.9. The Morgan fingerprint density at radius 1 is 1.19 bits per heavy atom. The molecule has 21 heavy (non-hydrogen) atoms. The Bertz CT molecular complexity index is 755. The normalized spacial score (nSPS) is 10.3. The second-order valence-corrected chi connectivity index (χ2v) is 4.21. The summed E-state index contributed by atoms with van der Waals surface area (Å²) in [5, 5.41) is 9.14. The highest BCUT2D eigenvalue weighted by atomic mass is 19.1. The van der Waals surface area contributed by atoms with Gasteiger partial charge in [0.05, 0.1) is 5.56 Å². The lowest BCUT2D eigenvalue weighted by molar-refractivity contribution is 0.102. The predicted molar refractivity (Wildman–Crippen MR) is 74.0 cm³/mol. The van der Waals surface area contributed by atoms with E-state index in [2.05, 4.69) is 25.5 Å². The molecule has 0 spiro atoms. The summed E-state index contributed by atoms with van der Waals surface area (Å²) in [7, 11) is 0. The van der Waals surface area contributed by atoms with Gasteiger partial charge in [-0.1, -0.05) is 0 Å². The molecule has 0 saturated heterocycles. The molecule has 6 nitrogen and oxygen atoms in total. The number of aromatic nitrogens is 4. The number of H-pyrrole nitrogens is 1. The van der Waals surface area contributed by atoms with Gasteiger partial charge in [-0.15, -0.1) is 5.10 Å². The van der Waals surface area contributed by atoms with E-state index in [0.29, 0.717) is 17.0 Å². The lowest BCUT2D eigenvalue weighted by atomic mass is 10.2. The van der Waals surface area contributed by atoms with E-state index in [1.807, 2.05) is 0 Å². The topological polar surface area (TPSA) is 83.6 Å². The summed E-state index contributed by atoms with van der Waals surface area (Å²) >= 11 is 0. The van der Waals surface area contributed by atoms with Crippen molar-refractivity contribution in [2.24, 2.45) is 0 Å². The van der Waals surface area contributed by atoms with Gasteiger partial charge in [-0.25, -0.2) is 4.39 Å². The molecule has 2 aromatic heterocycles. The third kappa shape index (κ3) is 2.92. The molecular formula is C14H10FN5O. The average molecular weight is 283 g/mol. The van der Waals surface area contributed by atoms with Crippen LogP contribution in [0.1, 0.15) is 10.4 Å². The van der Waals surface area contributed by atoms with E-state index in [1.54, 1.807) is 30.5 Å². The van der Waals surface area contributed by atoms with Crippen molar-refractivity contribution in [1.29, 1.82) is 0 Å². The maximum atomic E-state index is 12.9. The van der Waals surface area contributed by atoms with Crippen LogP contribution in [0.15, 0.2) is 48.8 Å². The van der Waals surface area contributed by atoms with Crippen molar-refractivity contribution >= 4 is 11.9 Å².